The molecule has 0 heterocycles. The van der Waals surface area contributed by atoms with E-state index in [1.54, 1.807) is 91.0 Å². The van der Waals surface area contributed by atoms with E-state index >= 15 is 0 Å². The van der Waals surface area contributed by atoms with Crippen LogP contribution in [0.1, 0.15) is 26.7 Å². The van der Waals surface area contributed by atoms with Crippen molar-refractivity contribution >= 4 is 81.7 Å². The van der Waals surface area contributed by atoms with Crippen molar-refractivity contribution in [3.8, 4) is 5.75 Å². The number of methoxy groups -OCH3 is 1. The van der Waals surface area contributed by atoms with Crippen molar-refractivity contribution in [1.29, 1.82) is 0 Å². The van der Waals surface area contributed by atoms with Crippen LogP contribution in [0, 0.1) is 0 Å². The van der Waals surface area contributed by atoms with E-state index < -0.39 is 17.1 Å². The number of amides is 3. The van der Waals surface area contributed by atoms with E-state index in [0.29, 0.717) is 43.3 Å². The molecule has 0 saturated carbocycles. The zero-order chi connectivity index (χ0) is 34.0. The van der Waals surface area contributed by atoms with Crippen LogP contribution in [0.5, 0.6) is 5.75 Å². The van der Waals surface area contributed by atoms with Crippen molar-refractivity contribution in [2.45, 2.75) is 10.1 Å². The molecule has 3 N–H and O–H groups in total. The van der Waals surface area contributed by atoms with E-state index in [0.717, 1.165) is 10.5 Å². The van der Waals surface area contributed by atoms with Crippen LogP contribution in [0.25, 0.3) is 6.08 Å². The number of rotatable bonds is 11. The molecule has 0 saturated heterocycles. The lowest BCUT2D eigenvalue weighted by Gasteiger charge is -2.19. The van der Waals surface area contributed by atoms with Crippen LogP contribution in [0.4, 0.5) is 11.4 Å². The summed E-state index contributed by atoms with van der Waals surface area (Å²) >= 11 is 20.3. The molecule has 0 bridgehead atoms. The van der Waals surface area contributed by atoms with E-state index in [9.17, 15) is 14.4 Å². The summed E-state index contributed by atoms with van der Waals surface area (Å²) in [5.74, 6) is -0.860. The van der Waals surface area contributed by atoms with Gasteiger partial charge in [0.15, 0.2) is 0 Å². The second kappa shape index (κ2) is 16.4. The Bertz CT molecular complexity index is 1940. The van der Waals surface area contributed by atoms with E-state index in [2.05, 4.69) is 16.0 Å². The van der Waals surface area contributed by atoms with Crippen LogP contribution in [0.3, 0.4) is 0 Å². The summed E-state index contributed by atoms with van der Waals surface area (Å²) in [7, 11) is 1.52. The fourth-order valence-corrected chi connectivity index (χ4v) is 6.27. The Morgan fingerprint density at radius 2 is 1.40 bits per heavy atom. The molecule has 242 valence electrons. The van der Waals surface area contributed by atoms with E-state index in [-0.39, 0.29) is 11.6 Å². The van der Waals surface area contributed by atoms with Crippen LogP contribution in [0.2, 0.25) is 15.1 Å². The summed E-state index contributed by atoms with van der Waals surface area (Å²) in [6.45, 7) is 0. The van der Waals surface area contributed by atoms with Crippen molar-refractivity contribution in [3.63, 3.8) is 0 Å². The summed E-state index contributed by atoms with van der Waals surface area (Å²) in [6.07, 6.45) is 1.43. The molecule has 48 heavy (non-hydrogen) atoms. The number of hydrogen-bond acceptors (Lipinski definition) is 5. The molecule has 0 spiro atoms. The number of thioether (sulfide) groups is 1. The zero-order valence-electron chi connectivity index (χ0n) is 25.4. The minimum Gasteiger partial charge on any atom is -0.495 e. The number of benzene rings is 5. The third-order valence-corrected chi connectivity index (χ3v) is 9.10. The average Bonchev–Trinajstić information content (AvgIpc) is 3.09. The highest BCUT2D eigenvalue weighted by Gasteiger charge is 2.24. The predicted molar refractivity (Wildman–Crippen MR) is 195 cm³/mol. The van der Waals surface area contributed by atoms with Crippen molar-refractivity contribution in [3.05, 3.63) is 159 Å². The Morgan fingerprint density at radius 1 is 0.750 bits per heavy atom. The largest absolute Gasteiger partial charge is 0.495 e. The fourth-order valence-electron chi connectivity index (χ4n) is 4.56. The third kappa shape index (κ3) is 8.99. The highest BCUT2D eigenvalue weighted by molar-refractivity contribution is 8.00. The molecule has 5 aromatic carbocycles. The normalized spacial score (nSPS) is 11.7. The van der Waals surface area contributed by atoms with Gasteiger partial charge in [0.2, 0.25) is 5.91 Å². The molecule has 5 rings (SSSR count). The molecular formula is C37H28Cl3N3O4S. The van der Waals surface area contributed by atoms with E-state index in [1.807, 2.05) is 30.3 Å². The van der Waals surface area contributed by atoms with Gasteiger partial charge in [-0.1, -0.05) is 89.4 Å². The summed E-state index contributed by atoms with van der Waals surface area (Å²) in [5.41, 5.74) is 2.39. The number of ether oxygens (including phenoxy) is 1. The minimum atomic E-state index is -0.626. The number of halogens is 3. The first-order valence-corrected chi connectivity index (χ1v) is 16.5. The van der Waals surface area contributed by atoms with Gasteiger partial charge in [-0.2, -0.15) is 0 Å². The Hall–Kier alpha value is -4.73. The van der Waals surface area contributed by atoms with Gasteiger partial charge in [0, 0.05) is 36.8 Å². The van der Waals surface area contributed by atoms with Crippen molar-refractivity contribution < 1.29 is 19.1 Å². The monoisotopic (exact) mass is 715 g/mol. The lowest BCUT2D eigenvalue weighted by Crippen LogP contribution is -2.30. The van der Waals surface area contributed by atoms with Crippen LogP contribution in [0.15, 0.2) is 132 Å². The van der Waals surface area contributed by atoms with Gasteiger partial charge in [-0.05, 0) is 78.4 Å². The van der Waals surface area contributed by atoms with Crippen LogP contribution < -0.4 is 20.7 Å². The summed E-state index contributed by atoms with van der Waals surface area (Å²) < 4.78 is 5.40. The maximum absolute atomic E-state index is 13.6. The van der Waals surface area contributed by atoms with Gasteiger partial charge in [0.1, 0.15) is 16.7 Å². The van der Waals surface area contributed by atoms with Crippen molar-refractivity contribution in [1.82, 2.24) is 5.32 Å². The maximum Gasteiger partial charge on any atom is 0.272 e. The molecule has 3 amide bonds. The number of anilines is 2. The average molecular weight is 717 g/mol. The van der Waals surface area contributed by atoms with Crippen LogP contribution >= 0.6 is 46.6 Å². The summed E-state index contributed by atoms with van der Waals surface area (Å²) in [5, 5.41) is 8.90. The van der Waals surface area contributed by atoms with Crippen LogP contribution in [-0.4, -0.2) is 24.8 Å². The lowest BCUT2D eigenvalue weighted by atomic mass is 10.1. The van der Waals surface area contributed by atoms with Gasteiger partial charge in [-0.25, -0.2) is 0 Å². The van der Waals surface area contributed by atoms with Gasteiger partial charge < -0.3 is 20.7 Å². The predicted octanol–water partition coefficient (Wildman–Crippen LogP) is 9.54. The zero-order valence-corrected chi connectivity index (χ0v) is 28.5. The first kappa shape index (κ1) is 34.6. The molecule has 0 aliphatic rings. The smallest absolute Gasteiger partial charge is 0.272 e. The van der Waals surface area contributed by atoms with Crippen molar-refractivity contribution in [2.24, 2.45) is 0 Å². The SMILES string of the molecule is COc1ccc(Cl)cc1NC(=O)C(Sc1ccc(NC(=O)/C(=C/c2c(Cl)cccc2Cl)NC(=O)c2ccccc2)cc1)c1ccccc1. The van der Waals surface area contributed by atoms with Gasteiger partial charge in [-0.3, -0.25) is 14.4 Å². The molecule has 1 unspecified atom stereocenters. The number of nitrogens with one attached hydrogen (secondary N) is 3. The van der Waals surface area contributed by atoms with Crippen LogP contribution in [-0.2, 0) is 9.59 Å². The number of hydrogen-bond donors (Lipinski definition) is 3. The Morgan fingerprint density at radius 3 is 2.04 bits per heavy atom. The minimum absolute atomic E-state index is 0.0606. The van der Waals surface area contributed by atoms with Crippen molar-refractivity contribution in [2.75, 3.05) is 17.7 Å². The number of carbonyl (C=O) groups is 3. The standard InChI is InChI=1S/C37H28Cl3N3O4S/c1-47-33-20-15-25(38)21-31(33)42-37(46)34(23-9-4-2-5-10-23)48-27-18-16-26(17-19-27)41-36(45)32(22-28-29(39)13-8-14-30(28)40)43-35(44)24-11-6-3-7-12-24/h2-22,34H,1H3,(H,41,45)(H,42,46)(H,43,44)/b32-22-. The lowest BCUT2D eigenvalue weighted by molar-refractivity contribution is -0.116. The van der Waals surface area contributed by atoms with Gasteiger partial charge in [0.25, 0.3) is 11.8 Å². The highest BCUT2D eigenvalue weighted by atomic mass is 35.5. The van der Waals surface area contributed by atoms with E-state index in [1.165, 1.54) is 24.9 Å². The molecular weight excluding hydrogens is 689 g/mol. The maximum atomic E-state index is 13.6. The van der Waals surface area contributed by atoms with Gasteiger partial charge >= 0.3 is 0 Å². The quantitative estimate of drug-likeness (QED) is 0.0935. The topological polar surface area (TPSA) is 96.5 Å². The molecule has 5 aromatic rings. The molecule has 0 aliphatic carbocycles. The summed E-state index contributed by atoms with van der Waals surface area (Å²) in [6, 6.07) is 34.8. The van der Waals surface area contributed by atoms with Gasteiger partial charge in [-0.15, -0.1) is 11.8 Å². The van der Waals surface area contributed by atoms with E-state index in [4.69, 9.17) is 39.5 Å². The number of carbonyl (C=O) groups excluding carboxylic acids is 3. The first-order chi connectivity index (χ1) is 23.2. The summed E-state index contributed by atoms with van der Waals surface area (Å²) in [4.78, 5) is 40.9. The Balaban J connectivity index is 1.36. The molecule has 11 heteroatoms. The van der Waals surface area contributed by atoms with Gasteiger partial charge in [0.05, 0.1) is 12.8 Å². The fraction of sp³-hybridized carbons (Fsp3) is 0.0541. The second-order valence-electron chi connectivity index (χ2n) is 10.2. The second-order valence-corrected chi connectivity index (χ2v) is 12.7. The molecule has 0 aliphatic heterocycles. The molecule has 1 atom stereocenters. The molecule has 7 nitrogen and oxygen atoms in total. The molecule has 0 aromatic heterocycles. The Labute approximate surface area is 297 Å². The molecule has 0 radical (unpaired) electrons. The first-order valence-electron chi connectivity index (χ1n) is 14.5. The highest BCUT2D eigenvalue weighted by Crippen LogP contribution is 2.38. The Kier molecular flexibility index (Phi) is 11.8. The molecule has 0 fully saturated rings. The third-order valence-electron chi connectivity index (χ3n) is 6.94.